The van der Waals surface area contributed by atoms with Gasteiger partial charge in [-0.25, -0.2) is 4.98 Å². The number of aromatic nitrogens is 1. The molecule has 144 valence electrons. The number of alkyl halides is 3. The second kappa shape index (κ2) is 8.12. The van der Waals surface area contributed by atoms with Gasteiger partial charge >= 0.3 is 6.18 Å². The molecular weight excluding hydrogens is 415 g/mol. The highest BCUT2D eigenvalue weighted by molar-refractivity contribution is 9.10. The first-order chi connectivity index (χ1) is 12.3. The summed E-state index contributed by atoms with van der Waals surface area (Å²) in [6.07, 6.45) is -0.270. The fraction of sp³-hybridized carbons (Fsp3) is 0.647. The predicted molar refractivity (Wildman–Crippen MR) is 93.9 cm³/mol. The number of nitrogens with one attached hydrogen (secondary N) is 1. The van der Waals surface area contributed by atoms with E-state index in [2.05, 4.69) is 26.2 Å². The number of ether oxygens (including phenoxy) is 1. The van der Waals surface area contributed by atoms with Crippen molar-refractivity contribution in [3.05, 3.63) is 22.3 Å². The van der Waals surface area contributed by atoms with Crippen molar-refractivity contribution < 1.29 is 22.7 Å². The minimum Gasteiger partial charge on any atom is -0.381 e. The lowest BCUT2D eigenvalue weighted by atomic mass is 9.95. The Morgan fingerprint density at radius 2 is 2.04 bits per heavy atom. The summed E-state index contributed by atoms with van der Waals surface area (Å²) in [5, 5.41) is 3.02. The quantitative estimate of drug-likeness (QED) is 0.790. The smallest absolute Gasteiger partial charge is 0.381 e. The van der Waals surface area contributed by atoms with Crippen LogP contribution in [0.1, 0.15) is 31.2 Å². The standard InChI is InChI=1S/C17H21BrF3N3O2/c18-12-8-14(17(19,20)21)15(22-9-12)24-5-1-2-11(10-24)16(25)23-13-3-6-26-7-4-13/h8-9,11,13H,1-7,10H2,(H,23,25). The van der Waals surface area contributed by atoms with Crippen molar-refractivity contribution in [3.63, 3.8) is 0 Å². The van der Waals surface area contributed by atoms with Crippen LogP contribution in [0.4, 0.5) is 19.0 Å². The highest BCUT2D eigenvalue weighted by Gasteiger charge is 2.38. The van der Waals surface area contributed by atoms with Gasteiger partial charge in [0.25, 0.3) is 0 Å². The van der Waals surface area contributed by atoms with Crippen LogP contribution in [-0.2, 0) is 15.7 Å². The number of anilines is 1. The van der Waals surface area contributed by atoms with Crippen LogP contribution in [-0.4, -0.2) is 43.2 Å². The predicted octanol–water partition coefficient (Wildman–Crippen LogP) is 3.37. The maximum Gasteiger partial charge on any atom is 0.419 e. The van der Waals surface area contributed by atoms with E-state index in [9.17, 15) is 18.0 Å². The number of piperidine rings is 1. The minimum atomic E-state index is -4.50. The van der Waals surface area contributed by atoms with E-state index in [4.69, 9.17) is 4.74 Å². The lowest BCUT2D eigenvalue weighted by Gasteiger charge is -2.35. The van der Waals surface area contributed by atoms with Crippen LogP contribution in [0.2, 0.25) is 0 Å². The number of hydrogen-bond donors (Lipinski definition) is 1. The summed E-state index contributed by atoms with van der Waals surface area (Å²) in [6.45, 7) is 1.95. The van der Waals surface area contributed by atoms with E-state index < -0.39 is 11.7 Å². The zero-order chi connectivity index (χ0) is 18.7. The third-order valence-electron chi connectivity index (χ3n) is 4.80. The highest BCUT2D eigenvalue weighted by atomic mass is 79.9. The van der Waals surface area contributed by atoms with Gasteiger partial charge in [-0.2, -0.15) is 13.2 Å². The molecule has 0 radical (unpaired) electrons. The molecule has 1 atom stereocenters. The van der Waals surface area contributed by atoms with Gasteiger partial charge in [0.1, 0.15) is 5.82 Å². The fourth-order valence-corrected chi connectivity index (χ4v) is 3.77. The summed E-state index contributed by atoms with van der Waals surface area (Å²) in [4.78, 5) is 18.1. The van der Waals surface area contributed by atoms with Crippen LogP contribution in [0, 0.1) is 5.92 Å². The first-order valence-electron chi connectivity index (χ1n) is 8.70. The van der Waals surface area contributed by atoms with Crippen molar-refractivity contribution in [3.8, 4) is 0 Å². The van der Waals surface area contributed by atoms with Crippen LogP contribution >= 0.6 is 15.9 Å². The molecule has 1 aromatic rings. The molecule has 0 bridgehead atoms. The molecule has 0 saturated carbocycles. The molecular formula is C17H21BrF3N3O2. The lowest BCUT2D eigenvalue weighted by Crippen LogP contribution is -2.47. The number of carbonyl (C=O) groups excluding carboxylic acids is 1. The number of halogens is 4. The van der Waals surface area contributed by atoms with E-state index in [1.165, 1.54) is 6.20 Å². The Kier molecular flexibility index (Phi) is 6.06. The Hall–Kier alpha value is -1.35. The molecule has 1 unspecified atom stereocenters. The SMILES string of the molecule is O=C(NC1CCOCC1)C1CCCN(c2ncc(Br)cc2C(F)(F)F)C1. The molecule has 1 aromatic heterocycles. The van der Waals surface area contributed by atoms with Crippen LogP contribution in [0.15, 0.2) is 16.7 Å². The molecule has 3 heterocycles. The molecule has 5 nitrogen and oxygen atoms in total. The van der Waals surface area contributed by atoms with E-state index >= 15 is 0 Å². The second-order valence-electron chi connectivity index (χ2n) is 6.70. The van der Waals surface area contributed by atoms with Gasteiger partial charge in [-0.05, 0) is 47.7 Å². The Morgan fingerprint density at radius 3 is 2.73 bits per heavy atom. The molecule has 1 amide bonds. The van der Waals surface area contributed by atoms with Crippen molar-refractivity contribution in [1.29, 1.82) is 0 Å². The van der Waals surface area contributed by atoms with E-state index in [0.29, 0.717) is 32.6 Å². The largest absolute Gasteiger partial charge is 0.419 e. The Balaban J connectivity index is 1.71. The monoisotopic (exact) mass is 435 g/mol. The zero-order valence-corrected chi connectivity index (χ0v) is 15.8. The summed E-state index contributed by atoms with van der Waals surface area (Å²) in [5.74, 6) is -0.533. The van der Waals surface area contributed by atoms with E-state index in [1.807, 2.05) is 0 Å². The van der Waals surface area contributed by atoms with Gasteiger partial charge in [0.05, 0.1) is 11.5 Å². The molecule has 2 aliphatic rings. The second-order valence-corrected chi connectivity index (χ2v) is 7.62. The molecule has 3 rings (SSSR count). The third kappa shape index (κ3) is 4.68. The number of hydrogen-bond acceptors (Lipinski definition) is 4. The number of pyridine rings is 1. The highest BCUT2D eigenvalue weighted by Crippen LogP contribution is 2.38. The molecule has 9 heteroatoms. The summed E-state index contributed by atoms with van der Waals surface area (Å²) in [7, 11) is 0. The Labute approximate surface area is 158 Å². The summed E-state index contributed by atoms with van der Waals surface area (Å²) >= 11 is 3.05. The average Bonchev–Trinajstić information content (AvgIpc) is 2.62. The molecule has 0 aromatic carbocycles. The summed E-state index contributed by atoms with van der Waals surface area (Å²) < 4.78 is 45.7. The third-order valence-corrected chi connectivity index (χ3v) is 5.23. The fourth-order valence-electron chi connectivity index (χ4n) is 3.44. The van der Waals surface area contributed by atoms with Crippen LogP contribution in [0.5, 0.6) is 0 Å². The van der Waals surface area contributed by atoms with Crippen molar-refractivity contribution in [1.82, 2.24) is 10.3 Å². The normalized spacial score (nSPS) is 22.3. The summed E-state index contributed by atoms with van der Waals surface area (Å²) in [6, 6.07) is 1.12. The van der Waals surface area contributed by atoms with E-state index in [0.717, 1.165) is 18.9 Å². The molecule has 2 fully saturated rings. The first-order valence-corrected chi connectivity index (χ1v) is 9.49. The molecule has 2 saturated heterocycles. The van der Waals surface area contributed by atoms with Gasteiger partial charge in [0.2, 0.25) is 5.91 Å². The van der Waals surface area contributed by atoms with Crippen LogP contribution < -0.4 is 10.2 Å². The number of carbonyl (C=O) groups is 1. The van der Waals surface area contributed by atoms with Crippen LogP contribution in [0.25, 0.3) is 0 Å². The number of nitrogens with zero attached hydrogens (tertiary/aromatic N) is 2. The Morgan fingerprint density at radius 1 is 1.31 bits per heavy atom. The van der Waals surface area contributed by atoms with Crippen LogP contribution in [0.3, 0.4) is 0 Å². The number of rotatable bonds is 3. The van der Waals surface area contributed by atoms with Gasteiger partial charge in [0.15, 0.2) is 0 Å². The van der Waals surface area contributed by atoms with Gasteiger partial charge in [-0.15, -0.1) is 0 Å². The molecule has 0 spiro atoms. The van der Waals surface area contributed by atoms with Gasteiger partial charge in [0, 0.05) is 43.0 Å². The van der Waals surface area contributed by atoms with Crippen molar-refractivity contribution >= 4 is 27.7 Å². The van der Waals surface area contributed by atoms with Crippen molar-refractivity contribution in [2.24, 2.45) is 5.92 Å². The first kappa shape index (κ1) is 19.4. The van der Waals surface area contributed by atoms with Gasteiger partial charge in [-0.1, -0.05) is 0 Å². The molecule has 0 aliphatic carbocycles. The average molecular weight is 436 g/mol. The van der Waals surface area contributed by atoms with Crippen molar-refractivity contribution in [2.75, 3.05) is 31.2 Å². The maximum atomic E-state index is 13.4. The van der Waals surface area contributed by atoms with Gasteiger partial charge < -0.3 is 15.0 Å². The number of amides is 1. The van der Waals surface area contributed by atoms with E-state index in [1.54, 1.807) is 4.90 Å². The van der Waals surface area contributed by atoms with Crippen molar-refractivity contribution in [2.45, 2.75) is 37.9 Å². The molecule has 2 aliphatic heterocycles. The maximum absolute atomic E-state index is 13.4. The summed E-state index contributed by atoms with van der Waals surface area (Å²) in [5.41, 5.74) is -0.780. The topological polar surface area (TPSA) is 54.5 Å². The molecule has 1 N–H and O–H groups in total. The van der Waals surface area contributed by atoms with E-state index in [-0.39, 0.29) is 34.7 Å². The van der Waals surface area contributed by atoms with Gasteiger partial charge in [-0.3, -0.25) is 4.79 Å². The zero-order valence-electron chi connectivity index (χ0n) is 14.2. The Bertz CT molecular complexity index is 651. The lowest BCUT2D eigenvalue weighted by molar-refractivity contribution is -0.137. The molecule has 26 heavy (non-hydrogen) atoms. The minimum absolute atomic E-state index is 0.0863.